The van der Waals surface area contributed by atoms with Gasteiger partial charge in [0, 0.05) is 5.70 Å². The van der Waals surface area contributed by atoms with Gasteiger partial charge >= 0.3 is 0 Å². The van der Waals surface area contributed by atoms with Gasteiger partial charge in [-0.3, -0.25) is 0 Å². The molecule has 1 nitrogen and oxygen atoms in total. The molecule has 11 heavy (non-hydrogen) atoms. The molecule has 0 aromatic rings. The molecule has 0 amide bonds. The first-order chi connectivity index (χ1) is 5.11. The highest BCUT2D eigenvalue weighted by Crippen LogP contribution is 2.10. The fourth-order valence-corrected chi connectivity index (χ4v) is 0.925. The lowest BCUT2D eigenvalue weighted by atomic mass is 10.2. The Kier molecular flexibility index (Phi) is 5.19. The van der Waals surface area contributed by atoms with E-state index < -0.39 is 0 Å². The highest BCUT2D eigenvalue weighted by Gasteiger charge is 1.96. The van der Waals surface area contributed by atoms with Crippen LogP contribution in [0.1, 0.15) is 13.8 Å². The Morgan fingerprint density at radius 2 is 2.18 bits per heavy atom. The minimum absolute atomic E-state index is 0.217. The van der Waals surface area contributed by atoms with E-state index in [2.05, 4.69) is 10.1 Å². The Balaban J connectivity index is 4.45. The summed E-state index contributed by atoms with van der Waals surface area (Å²) >= 11 is 1.96. The monoisotopic (exact) mass is 267 g/mol. The number of rotatable bonds is 3. The van der Waals surface area contributed by atoms with E-state index >= 15 is 0 Å². The average molecular weight is 267 g/mol. The Hall–Kier alpha value is -0.320. The molecule has 62 valence electrons. The highest BCUT2D eigenvalue weighted by atomic mass is 127. The molecule has 1 N–H and O–H groups in total. The molecule has 3 heteroatoms. The summed E-state index contributed by atoms with van der Waals surface area (Å²) in [7, 11) is 0. The number of nitrogens with one attached hydrogen (secondary N) is 1. The fraction of sp³-hybridized carbons (Fsp3) is 0.250. The van der Waals surface area contributed by atoms with Crippen LogP contribution in [0, 0.1) is 0 Å². The molecule has 0 aromatic carbocycles. The molecule has 0 aromatic heterocycles. The first-order valence-electron chi connectivity index (χ1n) is 3.17. The zero-order chi connectivity index (χ0) is 8.85. The van der Waals surface area contributed by atoms with Gasteiger partial charge in [-0.1, -0.05) is 12.7 Å². The van der Waals surface area contributed by atoms with Crippen molar-refractivity contribution in [3.05, 3.63) is 35.8 Å². The Morgan fingerprint density at radius 3 is 2.45 bits per heavy atom. The van der Waals surface area contributed by atoms with Gasteiger partial charge in [0.05, 0.1) is 28.7 Å². The average Bonchev–Trinajstić information content (AvgIpc) is 1.98. The Labute approximate surface area is 80.6 Å². The molecule has 0 rings (SSSR count). The lowest BCUT2D eigenvalue weighted by Crippen LogP contribution is -1.97. The summed E-state index contributed by atoms with van der Waals surface area (Å²) in [4.78, 5) is 0. The predicted octanol–water partition coefficient (Wildman–Crippen LogP) is 3.26. The van der Waals surface area contributed by atoms with Gasteiger partial charge in [0.25, 0.3) is 0 Å². The summed E-state index contributed by atoms with van der Waals surface area (Å²) in [5.41, 5.74) is 1.49. The van der Waals surface area contributed by atoms with Gasteiger partial charge < -0.3 is 3.53 Å². The Bertz CT molecular complexity index is 202. The lowest BCUT2D eigenvalue weighted by molar-refractivity contribution is 0.639. The van der Waals surface area contributed by atoms with E-state index in [1.165, 1.54) is 13.0 Å². The fourth-order valence-electron chi connectivity index (χ4n) is 0.614. The van der Waals surface area contributed by atoms with Gasteiger partial charge in [-0.15, -0.1) is 0 Å². The SMILES string of the molecule is C=C(NI)C(/C=C(\C)F)=C/C. The van der Waals surface area contributed by atoms with E-state index in [1.54, 1.807) is 6.08 Å². The molecule has 0 fully saturated rings. The molecule has 0 aliphatic heterocycles. The van der Waals surface area contributed by atoms with E-state index in [-0.39, 0.29) is 5.83 Å². The summed E-state index contributed by atoms with van der Waals surface area (Å²) in [6.07, 6.45) is 3.24. The van der Waals surface area contributed by atoms with Crippen LogP contribution in [0.4, 0.5) is 4.39 Å². The zero-order valence-corrected chi connectivity index (χ0v) is 8.78. The van der Waals surface area contributed by atoms with Crippen LogP contribution in [-0.4, -0.2) is 0 Å². The van der Waals surface area contributed by atoms with E-state index in [0.29, 0.717) is 5.70 Å². The smallest absolute Gasteiger partial charge is 0.0975 e. The summed E-state index contributed by atoms with van der Waals surface area (Å²) in [6, 6.07) is 0. The maximum Gasteiger partial charge on any atom is 0.0975 e. The van der Waals surface area contributed by atoms with E-state index in [1.807, 2.05) is 29.8 Å². The zero-order valence-electron chi connectivity index (χ0n) is 6.62. The summed E-state index contributed by atoms with van der Waals surface area (Å²) in [5, 5.41) is 0. The third-order valence-corrected chi connectivity index (χ3v) is 1.78. The van der Waals surface area contributed by atoms with Gasteiger partial charge in [-0.05, 0) is 25.5 Å². The van der Waals surface area contributed by atoms with E-state index in [4.69, 9.17) is 0 Å². The summed E-state index contributed by atoms with van der Waals surface area (Å²) < 4.78 is 15.2. The number of hydrogen-bond donors (Lipinski definition) is 1. The predicted molar refractivity (Wildman–Crippen MR) is 54.9 cm³/mol. The molecular formula is C8H11FIN. The Morgan fingerprint density at radius 1 is 1.64 bits per heavy atom. The molecular weight excluding hydrogens is 256 g/mol. The summed E-state index contributed by atoms with van der Waals surface area (Å²) in [5.74, 6) is -0.217. The third-order valence-electron chi connectivity index (χ3n) is 1.13. The quantitative estimate of drug-likeness (QED) is 0.470. The van der Waals surface area contributed by atoms with Gasteiger partial charge in [0.2, 0.25) is 0 Å². The minimum Gasteiger partial charge on any atom is -0.328 e. The first-order valence-corrected chi connectivity index (χ1v) is 4.25. The molecule has 0 aliphatic rings. The second-order valence-electron chi connectivity index (χ2n) is 2.05. The van der Waals surface area contributed by atoms with Crippen LogP contribution in [0.25, 0.3) is 0 Å². The van der Waals surface area contributed by atoms with Crippen LogP contribution in [0.15, 0.2) is 35.8 Å². The largest absolute Gasteiger partial charge is 0.328 e. The molecule has 0 aliphatic carbocycles. The lowest BCUT2D eigenvalue weighted by Gasteiger charge is -2.02. The normalized spacial score (nSPS) is 13.1. The standard InChI is InChI=1S/C8H11FIN/c1-4-8(5-6(2)9)7(3)11-10/h4-5,11H,3H2,1-2H3/b6-5+,8-4+. The molecule has 0 radical (unpaired) electrons. The maximum atomic E-state index is 12.4. The highest BCUT2D eigenvalue weighted by molar-refractivity contribution is 14.1. The second kappa shape index (κ2) is 5.35. The van der Waals surface area contributed by atoms with Crippen LogP contribution in [0.5, 0.6) is 0 Å². The van der Waals surface area contributed by atoms with E-state index in [0.717, 1.165) is 5.57 Å². The van der Waals surface area contributed by atoms with Gasteiger partial charge in [0.1, 0.15) is 0 Å². The number of allylic oxidation sites excluding steroid dienone is 3. The van der Waals surface area contributed by atoms with Crippen molar-refractivity contribution in [1.29, 1.82) is 0 Å². The van der Waals surface area contributed by atoms with E-state index in [9.17, 15) is 4.39 Å². The van der Waals surface area contributed by atoms with Crippen molar-refractivity contribution < 1.29 is 4.39 Å². The molecule has 0 bridgehead atoms. The van der Waals surface area contributed by atoms with Crippen molar-refractivity contribution in [1.82, 2.24) is 3.53 Å². The first kappa shape index (κ1) is 10.7. The molecule has 0 spiro atoms. The van der Waals surface area contributed by atoms with Gasteiger partial charge in [-0.25, -0.2) is 4.39 Å². The number of hydrogen-bond acceptors (Lipinski definition) is 1. The van der Waals surface area contributed by atoms with Crippen molar-refractivity contribution >= 4 is 22.9 Å². The van der Waals surface area contributed by atoms with Crippen molar-refractivity contribution in [3.8, 4) is 0 Å². The van der Waals surface area contributed by atoms with Crippen LogP contribution in [-0.2, 0) is 0 Å². The van der Waals surface area contributed by atoms with Crippen LogP contribution in [0.3, 0.4) is 0 Å². The van der Waals surface area contributed by atoms with Gasteiger partial charge in [0.15, 0.2) is 0 Å². The van der Waals surface area contributed by atoms with Crippen LogP contribution < -0.4 is 3.53 Å². The molecule has 0 saturated heterocycles. The third kappa shape index (κ3) is 4.19. The van der Waals surface area contributed by atoms with Crippen LogP contribution in [0.2, 0.25) is 0 Å². The molecule has 0 saturated carbocycles. The molecule has 0 heterocycles. The van der Waals surface area contributed by atoms with Crippen molar-refractivity contribution in [2.24, 2.45) is 0 Å². The second-order valence-corrected chi connectivity index (χ2v) is 2.59. The van der Waals surface area contributed by atoms with Crippen molar-refractivity contribution in [3.63, 3.8) is 0 Å². The van der Waals surface area contributed by atoms with Crippen molar-refractivity contribution in [2.45, 2.75) is 13.8 Å². The topological polar surface area (TPSA) is 12.0 Å². The van der Waals surface area contributed by atoms with Crippen LogP contribution >= 0.6 is 22.9 Å². The molecule has 0 atom stereocenters. The minimum atomic E-state index is -0.217. The number of halogens is 2. The van der Waals surface area contributed by atoms with Gasteiger partial charge in [-0.2, -0.15) is 0 Å². The maximum absolute atomic E-state index is 12.4. The summed E-state index contributed by atoms with van der Waals surface area (Å²) in [6.45, 7) is 6.95. The van der Waals surface area contributed by atoms with Crippen molar-refractivity contribution in [2.75, 3.05) is 0 Å². The molecule has 0 unspecified atom stereocenters.